The molecular weight excluding hydrogens is 902 g/mol. The number of hydrogen-bond donors (Lipinski definition) is 12. The normalized spacial score (nSPS) is 32.1. The molecule has 3 saturated heterocycles. The third-order valence-electron chi connectivity index (χ3n) is 12.0. The molecule has 16 unspecified atom stereocenters. The Labute approximate surface area is 396 Å². The number of nitrogens with two attached hydrogens (primary N) is 1. The number of aliphatic hydroxyl groups excluding tert-OH is 7. The summed E-state index contributed by atoms with van der Waals surface area (Å²) in [5.74, 6) is -4.65. The number of esters is 1. The number of ether oxygens (including phenoxy) is 6. The number of unbranched alkanes of at least 4 members (excludes halogenated alkanes) is 12. The van der Waals surface area contributed by atoms with Crippen LogP contribution in [0.4, 0.5) is 0 Å². The summed E-state index contributed by atoms with van der Waals surface area (Å²) in [7, 11) is 0. The monoisotopic (exact) mass is 980 g/mol. The second kappa shape index (κ2) is 30.2. The lowest BCUT2D eigenvalue weighted by atomic mass is 9.93. The van der Waals surface area contributed by atoms with Crippen LogP contribution in [0.15, 0.2) is 0 Å². The van der Waals surface area contributed by atoms with Crippen molar-refractivity contribution in [3.63, 3.8) is 0 Å². The van der Waals surface area contributed by atoms with E-state index in [1.807, 2.05) is 0 Å². The Balaban J connectivity index is 1.64. The molecule has 3 aliphatic rings. The molecule has 392 valence electrons. The fourth-order valence-electron chi connectivity index (χ4n) is 8.41. The largest absolute Gasteiger partial charge is 0.463 e. The van der Waals surface area contributed by atoms with Crippen molar-refractivity contribution >= 4 is 35.5 Å². The van der Waals surface area contributed by atoms with Gasteiger partial charge in [0.1, 0.15) is 85.8 Å². The quantitative estimate of drug-likeness (QED) is 0.0267. The van der Waals surface area contributed by atoms with Crippen molar-refractivity contribution in [3.8, 4) is 0 Å². The average molecular weight is 980 g/mol. The van der Waals surface area contributed by atoms with Crippen molar-refractivity contribution in [3.05, 3.63) is 0 Å². The van der Waals surface area contributed by atoms with E-state index >= 15 is 0 Å². The van der Waals surface area contributed by atoms with Crippen LogP contribution in [0.3, 0.4) is 0 Å². The van der Waals surface area contributed by atoms with Gasteiger partial charge < -0.3 is 91.2 Å². The average Bonchev–Trinajstić information content (AvgIpc) is 3.28. The number of rotatable bonds is 29. The van der Waals surface area contributed by atoms with Gasteiger partial charge >= 0.3 is 5.97 Å². The van der Waals surface area contributed by atoms with E-state index in [4.69, 9.17) is 34.2 Å². The number of primary amides is 1. The predicted octanol–water partition coefficient (Wildman–Crippen LogP) is -2.75. The summed E-state index contributed by atoms with van der Waals surface area (Å²) < 4.78 is 34.7. The van der Waals surface area contributed by atoms with Crippen molar-refractivity contribution in [1.82, 2.24) is 21.3 Å². The standard InChI is InChI=1S/C44H77N5O19/c1-5-6-7-8-9-10-11-12-13-14-15-16-17-18-31(56)63-22-29-34(57)37(60)38(61)44(66-29)68-40-28(21-51)65-43(33(36(40)59)48-25(4)54)67-39-27(20-50)64-42(32(35(39)58)47-24(3)53)49-30(55)19-26(41(45)62)46-23(2)52/h26-29,32-40,42-44,50-51,57-61H,5-22H2,1-4H3,(H2,45,62)(H,46,52)(H,47,53)(H,48,54)(H,49,55). The topological polar surface area (TPSA) is 374 Å². The summed E-state index contributed by atoms with van der Waals surface area (Å²) >= 11 is 0. The highest BCUT2D eigenvalue weighted by Crippen LogP contribution is 2.33. The molecule has 0 saturated carbocycles. The van der Waals surface area contributed by atoms with Crippen molar-refractivity contribution in [2.75, 3.05) is 19.8 Å². The molecule has 24 heteroatoms. The third kappa shape index (κ3) is 18.6. The number of amides is 5. The van der Waals surface area contributed by atoms with E-state index in [2.05, 4.69) is 28.2 Å². The molecule has 13 N–H and O–H groups in total. The second-order valence-corrected chi connectivity index (χ2v) is 17.8. The predicted molar refractivity (Wildman–Crippen MR) is 236 cm³/mol. The van der Waals surface area contributed by atoms with E-state index < -0.39 is 160 Å². The van der Waals surface area contributed by atoms with Gasteiger partial charge in [-0.15, -0.1) is 0 Å². The van der Waals surface area contributed by atoms with Crippen LogP contribution in [0.5, 0.6) is 0 Å². The molecule has 68 heavy (non-hydrogen) atoms. The molecule has 0 spiro atoms. The van der Waals surface area contributed by atoms with Gasteiger partial charge in [0.05, 0.1) is 19.6 Å². The first-order chi connectivity index (χ1) is 32.3. The lowest BCUT2D eigenvalue weighted by Crippen LogP contribution is -2.71. The maximum absolute atomic E-state index is 13.0. The molecule has 0 aromatic carbocycles. The van der Waals surface area contributed by atoms with Gasteiger partial charge in [0.25, 0.3) is 0 Å². The van der Waals surface area contributed by atoms with Crippen LogP contribution < -0.4 is 27.0 Å². The van der Waals surface area contributed by atoms with Gasteiger partial charge in [0.15, 0.2) is 18.8 Å². The third-order valence-corrected chi connectivity index (χ3v) is 12.0. The zero-order valence-corrected chi connectivity index (χ0v) is 39.6. The lowest BCUT2D eigenvalue weighted by molar-refractivity contribution is -0.358. The van der Waals surface area contributed by atoms with E-state index in [0.29, 0.717) is 6.42 Å². The molecule has 0 aromatic rings. The molecule has 3 aliphatic heterocycles. The van der Waals surface area contributed by atoms with Crippen LogP contribution in [-0.2, 0) is 57.2 Å². The van der Waals surface area contributed by atoms with Crippen LogP contribution in [0.25, 0.3) is 0 Å². The maximum Gasteiger partial charge on any atom is 0.305 e. The van der Waals surface area contributed by atoms with Crippen LogP contribution in [0.1, 0.15) is 124 Å². The van der Waals surface area contributed by atoms with Crippen molar-refractivity contribution in [2.45, 2.75) is 222 Å². The first-order valence-electron chi connectivity index (χ1n) is 23.8. The van der Waals surface area contributed by atoms with E-state index in [1.54, 1.807) is 0 Å². The molecule has 5 amide bonds. The number of aliphatic hydroxyl groups is 7. The fourth-order valence-corrected chi connectivity index (χ4v) is 8.41. The summed E-state index contributed by atoms with van der Waals surface area (Å²) in [5, 5.41) is 85.9. The van der Waals surface area contributed by atoms with Crippen LogP contribution in [0.2, 0.25) is 0 Å². The van der Waals surface area contributed by atoms with Gasteiger partial charge in [0.2, 0.25) is 29.5 Å². The van der Waals surface area contributed by atoms with E-state index in [0.717, 1.165) is 46.5 Å². The summed E-state index contributed by atoms with van der Waals surface area (Å²) in [5.41, 5.74) is 5.30. The molecule has 3 fully saturated rings. The van der Waals surface area contributed by atoms with Gasteiger partial charge in [0, 0.05) is 27.2 Å². The summed E-state index contributed by atoms with van der Waals surface area (Å²) in [4.78, 5) is 73.7. The number of hydrogen-bond acceptors (Lipinski definition) is 19. The van der Waals surface area contributed by atoms with Crippen LogP contribution in [0, 0.1) is 0 Å². The van der Waals surface area contributed by atoms with Gasteiger partial charge in [-0.05, 0) is 6.42 Å². The van der Waals surface area contributed by atoms with Gasteiger partial charge in [-0.25, -0.2) is 0 Å². The second-order valence-electron chi connectivity index (χ2n) is 17.8. The van der Waals surface area contributed by atoms with E-state index in [9.17, 15) is 64.5 Å². The first-order valence-corrected chi connectivity index (χ1v) is 23.8. The van der Waals surface area contributed by atoms with E-state index in [1.165, 1.54) is 51.4 Å². The minimum Gasteiger partial charge on any atom is -0.463 e. The summed E-state index contributed by atoms with van der Waals surface area (Å²) in [6.45, 7) is 3.13. The fraction of sp³-hybridized carbons (Fsp3) is 0.864. The van der Waals surface area contributed by atoms with Gasteiger partial charge in [-0.1, -0.05) is 84.0 Å². The lowest BCUT2D eigenvalue weighted by Gasteiger charge is -2.49. The highest BCUT2D eigenvalue weighted by Gasteiger charge is 2.54. The molecule has 0 radical (unpaired) electrons. The van der Waals surface area contributed by atoms with Crippen LogP contribution in [-0.4, -0.2) is 189 Å². The maximum atomic E-state index is 13.0. The summed E-state index contributed by atoms with van der Waals surface area (Å²) in [6, 6.07) is -4.56. The highest BCUT2D eigenvalue weighted by molar-refractivity contribution is 5.90. The van der Waals surface area contributed by atoms with Crippen molar-refractivity contribution < 1.29 is 92.9 Å². The number of nitrogens with one attached hydrogen (secondary N) is 4. The Morgan fingerprint density at radius 3 is 1.57 bits per heavy atom. The Morgan fingerprint density at radius 1 is 0.574 bits per heavy atom. The zero-order valence-electron chi connectivity index (χ0n) is 39.6. The molecule has 0 aromatic heterocycles. The number of carbonyl (C=O) groups is 6. The van der Waals surface area contributed by atoms with Crippen molar-refractivity contribution in [2.24, 2.45) is 5.73 Å². The molecule has 24 nitrogen and oxygen atoms in total. The molecule has 3 rings (SSSR count). The van der Waals surface area contributed by atoms with Gasteiger partial charge in [-0.3, -0.25) is 28.8 Å². The SMILES string of the molecule is CCCCCCCCCCCCCCCC(=O)OCC1OC(OC2C(CO)OC(OC3C(CO)OC(NC(=O)CC(NC(C)=O)C(N)=O)C(NC(C)=O)C3O)C(NC(C)=O)C2O)C(O)C(O)C1O. The van der Waals surface area contributed by atoms with Crippen LogP contribution >= 0.6 is 0 Å². The van der Waals surface area contributed by atoms with E-state index in [-0.39, 0.29) is 6.42 Å². The van der Waals surface area contributed by atoms with Crippen molar-refractivity contribution in [1.29, 1.82) is 0 Å². The Morgan fingerprint density at radius 2 is 1.06 bits per heavy atom. The zero-order chi connectivity index (χ0) is 50.5. The molecular formula is C44H77N5O19. The minimum atomic E-state index is -1.95. The highest BCUT2D eigenvalue weighted by atomic mass is 16.7. The minimum absolute atomic E-state index is 0.108. The van der Waals surface area contributed by atoms with Gasteiger partial charge in [-0.2, -0.15) is 0 Å². The Hall–Kier alpha value is -3.66. The first kappa shape index (κ1) is 58.7. The Kier molecular flexibility index (Phi) is 26.0. The number of carbonyl (C=O) groups excluding carboxylic acids is 6. The molecule has 0 aliphatic carbocycles. The Bertz CT molecular complexity index is 1580. The molecule has 3 heterocycles. The summed E-state index contributed by atoms with van der Waals surface area (Å²) in [6.07, 6.45) is -8.21. The molecule has 0 bridgehead atoms. The molecule has 16 atom stereocenters. The smallest absolute Gasteiger partial charge is 0.305 e.